The van der Waals surface area contributed by atoms with Gasteiger partial charge in [0.1, 0.15) is 72.2 Å². The number of nitrogens with zero attached hydrogens (tertiary/aromatic N) is 2. The molecule has 1 aliphatic rings. The lowest BCUT2D eigenvalue weighted by atomic mass is 10.0. The van der Waals surface area contributed by atoms with Gasteiger partial charge in [-0.3, -0.25) is 76.6 Å². The first kappa shape index (κ1) is 84.3. The number of guanidine groups is 1. The number of aryl methyl sites for hydroxylation is 1. The first-order chi connectivity index (χ1) is 46.8. The zero-order chi connectivity index (χ0) is 75.3. The average molecular weight is 1430 g/mol. The number of phenolic OH excluding ortho intramolecular Hbond substituents is 1. The van der Waals surface area contributed by atoms with Gasteiger partial charge in [0.25, 0.3) is 0 Å². The molecular formula is C61H94N17O21P. The maximum Gasteiger partial charge on any atom is 0.469 e. The molecule has 0 bridgehead atoms. The second-order valence-electron chi connectivity index (χ2n) is 24.5. The van der Waals surface area contributed by atoms with Gasteiger partial charge in [-0.05, 0) is 81.0 Å². The van der Waals surface area contributed by atoms with Crippen molar-refractivity contribution in [1.29, 1.82) is 0 Å². The Morgan fingerprint density at radius 3 is 1.64 bits per heavy atom. The summed E-state index contributed by atoms with van der Waals surface area (Å²) in [6.45, 7) is 6.30. The van der Waals surface area contributed by atoms with E-state index in [2.05, 4.69) is 68.0 Å². The zero-order valence-corrected chi connectivity index (χ0v) is 57.3. The summed E-state index contributed by atoms with van der Waals surface area (Å²) in [7, 11) is -5.45. The largest absolute Gasteiger partial charge is 0.508 e. The quantitative estimate of drug-likeness (QED) is 0.0127. The van der Waals surface area contributed by atoms with Crippen LogP contribution in [0.1, 0.15) is 96.8 Å². The number of amides is 14. The number of aromatic hydroxyl groups is 1. The molecule has 11 atom stereocenters. The number of nitrogens with two attached hydrogens (primary N) is 4. The van der Waals surface area contributed by atoms with E-state index < -0.39 is 196 Å². The van der Waals surface area contributed by atoms with Crippen molar-refractivity contribution >= 4 is 96.5 Å². The fourth-order valence-corrected chi connectivity index (χ4v) is 10.3. The highest BCUT2D eigenvalue weighted by Gasteiger charge is 2.41. The molecule has 39 heteroatoms. The number of carbonyl (C=O) groups excluding carboxylic acids is 14. The van der Waals surface area contributed by atoms with Gasteiger partial charge >= 0.3 is 7.82 Å². The maximum absolute atomic E-state index is 14.2. The van der Waals surface area contributed by atoms with Crippen LogP contribution < -0.4 is 81.4 Å². The Bertz CT molecular complexity index is 3300. The number of phosphoric ester groups is 1. The molecule has 1 fully saturated rings. The maximum atomic E-state index is 14.2. The van der Waals surface area contributed by atoms with E-state index in [4.69, 9.17) is 22.9 Å². The van der Waals surface area contributed by atoms with Gasteiger partial charge in [-0.1, -0.05) is 69.7 Å². The standard InChI is InChI=1S/C61H94N17O21P/c1-30(2)22-39(69-34(7)81)53(88)73-41(24-36-16-18-37(82)19-17-36)55(90)71-38(10-8-20-66-61(64)65)52(87)68-33(6)51(86)72-42(25-47(62)83)56(91)77-49(31(3)4)59(94)76-45(29-99-100(96,97)98)57(92)75-44(28-80)60(95)78-21-9-11-46(78)58(93)67-26-48(84)70-40(23-35-14-12-32(5)13-15-35)54(89)74-43(27-79)50(63)85/h12-19,30-31,33,38-46,49,79-80,82H,8-11,20-29H2,1-7H3,(H2,62,83)(H2,63,85)(H,67,93)(H,68,87)(H,69,81)(H,70,84)(H,71,90)(H,72,86)(H,73,88)(H,74,89)(H,75,92)(H,76,94)(H,77,91)(H4,64,65,66)(H2,96,97,98). The summed E-state index contributed by atoms with van der Waals surface area (Å²) in [6, 6.07) is -4.96. The van der Waals surface area contributed by atoms with Crippen LogP contribution in [0, 0.1) is 18.8 Å². The molecule has 1 heterocycles. The van der Waals surface area contributed by atoms with Crippen LogP contribution in [0.15, 0.2) is 53.5 Å². The molecule has 1 saturated heterocycles. The predicted molar refractivity (Wildman–Crippen MR) is 354 cm³/mol. The molecule has 0 aromatic heterocycles. The van der Waals surface area contributed by atoms with Crippen LogP contribution >= 0.6 is 7.82 Å². The third kappa shape index (κ3) is 29.7. The van der Waals surface area contributed by atoms with E-state index >= 15 is 0 Å². The molecule has 24 N–H and O–H groups in total. The molecule has 554 valence electrons. The normalized spacial score (nSPS) is 15.8. The number of aliphatic hydroxyl groups excluding tert-OH is 2. The Kier molecular flexibility index (Phi) is 34.5. The molecule has 0 spiro atoms. The van der Waals surface area contributed by atoms with E-state index in [1.807, 2.05) is 6.92 Å². The van der Waals surface area contributed by atoms with Crippen LogP contribution in [0.4, 0.5) is 0 Å². The van der Waals surface area contributed by atoms with Gasteiger partial charge < -0.3 is 111 Å². The summed E-state index contributed by atoms with van der Waals surface area (Å²) in [5.74, 6) is -15.7. The monoisotopic (exact) mass is 1430 g/mol. The van der Waals surface area contributed by atoms with Gasteiger partial charge in [-0.25, -0.2) is 4.57 Å². The zero-order valence-electron chi connectivity index (χ0n) is 56.4. The Balaban J connectivity index is 1.81. The smallest absolute Gasteiger partial charge is 0.469 e. The number of phosphoric acid groups is 1. The summed E-state index contributed by atoms with van der Waals surface area (Å²) in [5, 5.41) is 56.0. The topological polar surface area (TPSA) is 618 Å². The number of aliphatic hydroxyl groups is 2. The number of aliphatic imine (C=N–C) groups is 1. The molecule has 0 aliphatic carbocycles. The van der Waals surface area contributed by atoms with Crippen molar-refractivity contribution in [3.05, 3.63) is 65.2 Å². The fourth-order valence-electron chi connectivity index (χ4n) is 9.97. The molecule has 11 unspecified atom stereocenters. The highest BCUT2D eigenvalue weighted by molar-refractivity contribution is 7.46. The summed E-state index contributed by atoms with van der Waals surface area (Å²) in [6.07, 6.45) is -0.993. The molecule has 1 aliphatic heterocycles. The third-order valence-corrected chi connectivity index (χ3v) is 15.7. The van der Waals surface area contributed by atoms with Crippen LogP contribution in [0.5, 0.6) is 5.75 Å². The highest BCUT2D eigenvalue weighted by atomic mass is 31.2. The van der Waals surface area contributed by atoms with Crippen LogP contribution in [-0.2, 0) is 89.1 Å². The number of hydrogen-bond donors (Lipinski definition) is 20. The lowest BCUT2D eigenvalue weighted by Crippen LogP contribution is -2.62. The Hall–Kier alpha value is -9.88. The van der Waals surface area contributed by atoms with Gasteiger partial charge in [0.05, 0.1) is 32.8 Å². The number of benzene rings is 2. The summed E-state index contributed by atoms with van der Waals surface area (Å²) in [5.41, 5.74) is 23.6. The molecule has 2 aromatic carbocycles. The summed E-state index contributed by atoms with van der Waals surface area (Å²) >= 11 is 0. The molecule has 38 nitrogen and oxygen atoms in total. The van der Waals surface area contributed by atoms with E-state index in [1.165, 1.54) is 45.0 Å². The molecule has 2 aromatic rings. The SMILES string of the molecule is CC(=O)NC(CC(C)C)C(=O)NC(Cc1ccc(O)cc1)C(=O)NC(CCCN=C(N)N)C(=O)NC(C)C(=O)NC(CC(N)=O)C(=O)NC(C(=O)NC(COP(=O)(O)O)C(=O)NC(CO)C(=O)N1CCCC1C(=O)NCC(=O)NC(Cc1ccc(C)cc1)C(=O)NC(CO)C(N)=O)C(C)C. The number of primary amides is 2. The summed E-state index contributed by atoms with van der Waals surface area (Å²) < 4.78 is 16.5. The highest BCUT2D eigenvalue weighted by Crippen LogP contribution is 2.35. The summed E-state index contributed by atoms with van der Waals surface area (Å²) in [4.78, 5) is 212. The minimum absolute atomic E-state index is 0.000867. The molecule has 14 amide bonds. The van der Waals surface area contributed by atoms with Crippen molar-refractivity contribution in [3.63, 3.8) is 0 Å². The van der Waals surface area contributed by atoms with E-state index in [1.54, 1.807) is 38.1 Å². The molecule has 100 heavy (non-hydrogen) atoms. The number of likely N-dealkylation sites (tertiary alicyclic amines) is 1. The Morgan fingerprint density at radius 2 is 1.11 bits per heavy atom. The number of hydrogen-bond acceptors (Lipinski definition) is 20. The van der Waals surface area contributed by atoms with Crippen molar-refractivity contribution in [3.8, 4) is 5.75 Å². The Morgan fingerprint density at radius 1 is 0.610 bits per heavy atom. The van der Waals surface area contributed by atoms with Crippen molar-refractivity contribution < 1.29 is 101 Å². The Labute approximate surface area is 575 Å². The van der Waals surface area contributed by atoms with Crippen LogP contribution in [0.25, 0.3) is 0 Å². The number of carbonyl (C=O) groups is 14. The van der Waals surface area contributed by atoms with Gasteiger partial charge in [0.2, 0.25) is 82.7 Å². The second-order valence-corrected chi connectivity index (χ2v) is 25.7. The molecular weight excluding hydrogens is 1340 g/mol. The average Bonchev–Trinajstić information content (AvgIpc) is 1.50. The van der Waals surface area contributed by atoms with Gasteiger partial charge in [-0.15, -0.1) is 0 Å². The van der Waals surface area contributed by atoms with E-state index in [0.717, 1.165) is 17.4 Å². The van der Waals surface area contributed by atoms with Gasteiger partial charge in [0, 0.05) is 32.9 Å². The minimum atomic E-state index is -5.45. The van der Waals surface area contributed by atoms with Crippen molar-refractivity contribution in [2.45, 2.75) is 166 Å². The first-order valence-electron chi connectivity index (χ1n) is 31.8. The first-order valence-corrected chi connectivity index (χ1v) is 33.3. The second kappa shape index (κ2) is 40.9. The van der Waals surface area contributed by atoms with Crippen molar-refractivity contribution in [2.24, 2.45) is 39.8 Å². The third-order valence-electron chi connectivity index (χ3n) is 15.2. The fraction of sp³-hybridized carbons (Fsp3) is 0.557. The van der Waals surface area contributed by atoms with Crippen molar-refractivity contribution in [1.82, 2.24) is 63.4 Å². The van der Waals surface area contributed by atoms with Crippen LogP contribution in [0.3, 0.4) is 0 Å². The van der Waals surface area contributed by atoms with Crippen LogP contribution in [0.2, 0.25) is 0 Å². The van der Waals surface area contributed by atoms with Gasteiger partial charge in [0.15, 0.2) is 5.96 Å². The molecule has 0 radical (unpaired) electrons. The van der Waals surface area contributed by atoms with Crippen molar-refractivity contribution in [2.75, 3.05) is 39.5 Å². The number of rotatable bonds is 41. The van der Waals surface area contributed by atoms with Crippen LogP contribution in [-0.4, -0.2) is 225 Å². The number of nitrogens with one attached hydrogen (secondary N) is 11. The minimum Gasteiger partial charge on any atom is -0.508 e. The number of phenols is 1. The lowest BCUT2D eigenvalue weighted by molar-refractivity contribution is -0.143. The van der Waals surface area contributed by atoms with E-state index in [0.29, 0.717) is 11.1 Å². The van der Waals surface area contributed by atoms with E-state index in [-0.39, 0.29) is 75.7 Å². The van der Waals surface area contributed by atoms with E-state index in [9.17, 15) is 96.8 Å². The lowest BCUT2D eigenvalue weighted by Gasteiger charge is -2.30. The molecule has 0 saturated carbocycles. The predicted octanol–water partition coefficient (Wildman–Crippen LogP) is -7.31. The molecule has 3 rings (SSSR count). The van der Waals surface area contributed by atoms with Gasteiger partial charge in [-0.2, -0.15) is 0 Å².